The third-order valence-electron chi connectivity index (χ3n) is 3.34. The van der Waals surface area contributed by atoms with Crippen LogP contribution in [-0.4, -0.2) is 29.2 Å². The van der Waals surface area contributed by atoms with Gasteiger partial charge in [-0.05, 0) is 38.0 Å². The third-order valence-corrected chi connectivity index (χ3v) is 3.34. The molecule has 1 fully saturated rings. The zero-order chi connectivity index (χ0) is 11.8. The Labute approximate surface area is 98.2 Å². The molecule has 1 saturated carbocycles. The molecule has 0 aromatic carbocycles. The van der Waals surface area contributed by atoms with Crippen LogP contribution in [0, 0.1) is 5.92 Å². The predicted molar refractivity (Wildman–Crippen MR) is 64.6 cm³/mol. The van der Waals surface area contributed by atoms with Gasteiger partial charge in [-0.2, -0.15) is 0 Å². The van der Waals surface area contributed by atoms with Gasteiger partial charge in [-0.3, -0.25) is 5.32 Å². The highest BCUT2D eigenvalue weighted by Crippen LogP contribution is 2.22. The fraction of sp³-hybridized carbons (Fsp3) is 1.00. The van der Waals surface area contributed by atoms with E-state index in [1.54, 1.807) is 0 Å². The average molecular weight is 230 g/mol. The summed E-state index contributed by atoms with van der Waals surface area (Å²) in [5.41, 5.74) is 5.22. The standard InChI is InChI=1S/C12H26N2O2/c13-11(15)7-4-8-12(16)14-9-10-5-2-1-3-6-10/h10-12,14-16H,1-9,13H2. The number of aliphatic hydroxyl groups excluding tert-OH is 2. The lowest BCUT2D eigenvalue weighted by molar-refractivity contribution is 0.105. The normalized spacial score (nSPS) is 21.9. The highest BCUT2D eigenvalue weighted by atomic mass is 16.3. The molecule has 2 unspecified atom stereocenters. The second-order valence-corrected chi connectivity index (χ2v) is 4.93. The van der Waals surface area contributed by atoms with E-state index < -0.39 is 12.5 Å². The van der Waals surface area contributed by atoms with Gasteiger partial charge in [-0.25, -0.2) is 0 Å². The third kappa shape index (κ3) is 6.43. The molecule has 1 aliphatic rings. The van der Waals surface area contributed by atoms with Crippen molar-refractivity contribution in [2.75, 3.05) is 6.54 Å². The first kappa shape index (κ1) is 13.9. The van der Waals surface area contributed by atoms with Crippen LogP contribution < -0.4 is 11.1 Å². The Balaban J connectivity index is 1.98. The van der Waals surface area contributed by atoms with Crippen molar-refractivity contribution in [2.24, 2.45) is 11.7 Å². The van der Waals surface area contributed by atoms with Gasteiger partial charge in [0.1, 0.15) is 12.5 Å². The van der Waals surface area contributed by atoms with E-state index in [-0.39, 0.29) is 0 Å². The molecule has 5 N–H and O–H groups in total. The molecular weight excluding hydrogens is 204 g/mol. The lowest BCUT2D eigenvalue weighted by Gasteiger charge is -2.23. The summed E-state index contributed by atoms with van der Waals surface area (Å²) in [4.78, 5) is 0. The molecule has 0 aromatic heterocycles. The fourth-order valence-corrected chi connectivity index (χ4v) is 2.32. The smallest absolute Gasteiger partial charge is 0.104 e. The van der Waals surface area contributed by atoms with Gasteiger partial charge >= 0.3 is 0 Å². The Morgan fingerprint density at radius 1 is 1.12 bits per heavy atom. The summed E-state index contributed by atoms with van der Waals surface area (Å²) in [5, 5.41) is 21.7. The lowest BCUT2D eigenvalue weighted by Crippen LogP contribution is -2.34. The maximum absolute atomic E-state index is 9.66. The van der Waals surface area contributed by atoms with E-state index in [1.165, 1.54) is 32.1 Å². The monoisotopic (exact) mass is 230 g/mol. The molecule has 0 saturated heterocycles. The first-order valence-corrected chi connectivity index (χ1v) is 6.53. The van der Waals surface area contributed by atoms with Crippen molar-refractivity contribution in [1.82, 2.24) is 5.32 Å². The van der Waals surface area contributed by atoms with Crippen LogP contribution >= 0.6 is 0 Å². The predicted octanol–water partition coefficient (Wildman–Crippen LogP) is 0.922. The maximum atomic E-state index is 9.66. The van der Waals surface area contributed by atoms with Gasteiger partial charge in [0.05, 0.1) is 0 Å². The molecule has 0 bridgehead atoms. The van der Waals surface area contributed by atoms with E-state index in [9.17, 15) is 5.11 Å². The second kappa shape index (κ2) is 8.01. The Morgan fingerprint density at radius 2 is 1.81 bits per heavy atom. The molecule has 0 radical (unpaired) electrons. The summed E-state index contributed by atoms with van der Waals surface area (Å²) in [6, 6.07) is 0. The number of aliphatic hydroxyl groups is 2. The zero-order valence-corrected chi connectivity index (χ0v) is 10.1. The van der Waals surface area contributed by atoms with Crippen molar-refractivity contribution in [3.63, 3.8) is 0 Å². The maximum Gasteiger partial charge on any atom is 0.104 e. The second-order valence-electron chi connectivity index (χ2n) is 4.93. The van der Waals surface area contributed by atoms with E-state index in [2.05, 4.69) is 5.32 Å². The Hall–Kier alpha value is -0.160. The largest absolute Gasteiger partial charge is 0.379 e. The molecule has 1 rings (SSSR count). The summed E-state index contributed by atoms with van der Waals surface area (Å²) in [5.74, 6) is 0.739. The zero-order valence-electron chi connectivity index (χ0n) is 10.1. The van der Waals surface area contributed by atoms with Crippen LogP contribution in [0.25, 0.3) is 0 Å². The quantitative estimate of drug-likeness (QED) is 0.490. The Bertz CT molecular complexity index is 170. The molecule has 0 heterocycles. The molecule has 16 heavy (non-hydrogen) atoms. The van der Waals surface area contributed by atoms with Crippen LogP contribution in [0.2, 0.25) is 0 Å². The van der Waals surface area contributed by atoms with Crippen LogP contribution in [0.1, 0.15) is 51.4 Å². The molecule has 0 aliphatic heterocycles. The number of nitrogens with one attached hydrogen (secondary N) is 1. The molecule has 0 spiro atoms. The van der Waals surface area contributed by atoms with Gasteiger partial charge in [0.2, 0.25) is 0 Å². The van der Waals surface area contributed by atoms with Gasteiger partial charge in [-0.15, -0.1) is 0 Å². The highest BCUT2D eigenvalue weighted by Gasteiger charge is 2.14. The molecular formula is C12H26N2O2. The van der Waals surface area contributed by atoms with Crippen molar-refractivity contribution < 1.29 is 10.2 Å². The van der Waals surface area contributed by atoms with Crippen LogP contribution in [-0.2, 0) is 0 Å². The number of nitrogens with two attached hydrogens (primary N) is 1. The van der Waals surface area contributed by atoms with E-state index in [4.69, 9.17) is 10.8 Å². The molecule has 96 valence electrons. The topological polar surface area (TPSA) is 78.5 Å². The van der Waals surface area contributed by atoms with E-state index in [1.807, 2.05) is 0 Å². The van der Waals surface area contributed by atoms with Crippen LogP contribution in [0.3, 0.4) is 0 Å². The molecule has 4 heteroatoms. The summed E-state index contributed by atoms with van der Waals surface area (Å²) in [6.45, 7) is 0.923. The van der Waals surface area contributed by atoms with Crippen LogP contribution in [0.5, 0.6) is 0 Å². The van der Waals surface area contributed by atoms with Crippen molar-refractivity contribution in [3.05, 3.63) is 0 Å². The van der Waals surface area contributed by atoms with Gasteiger partial charge in [0.15, 0.2) is 0 Å². The van der Waals surface area contributed by atoms with Crippen molar-refractivity contribution in [3.8, 4) is 0 Å². The molecule has 4 nitrogen and oxygen atoms in total. The fourth-order valence-electron chi connectivity index (χ4n) is 2.32. The Kier molecular flexibility index (Phi) is 6.96. The average Bonchev–Trinajstić information content (AvgIpc) is 2.27. The summed E-state index contributed by atoms with van der Waals surface area (Å²) in [7, 11) is 0. The minimum atomic E-state index is -0.745. The number of hydrogen-bond donors (Lipinski definition) is 4. The summed E-state index contributed by atoms with van der Waals surface area (Å²) >= 11 is 0. The van der Waals surface area contributed by atoms with E-state index in [0.29, 0.717) is 12.8 Å². The summed E-state index contributed by atoms with van der Waals surface area (Å²) in [6.07, 6.45) is 7.42. The van der Waals surface area contributed by atoms with Crippen molar-refractivity contribution in [2.45, 2.75) is 63.8 Å². The molecule has 0 aromatic rings. The number of rotatable bonds is 7. The van der Waals surface area contributed by atoms with Crippen LogP contribution in [0.15, 0.2) is 0 Å². The SMILES string of the molecule is NC(O)CCCC(O)NCC1CCCCC1. The van der Waals surface area contributed by atoms with Gasteiger partial charge in [-0.1, -0.05) is 19.3 Å². The summed E-state index contributed by atoms with van der Waals surface area (Å²) < 4.78 is 0. The van der Waals surface area contributed by atoms with Gasteiger partial charge < -0.3 is 15.9 Å². The van der Waals surface area contributed by atoms with Gasteiger partial charge in [0, 0.05) is 6.54 Å². The van der Waals surface area contributed by atoms with E-state index >= 15 is 0 Å². The molecule has 2 atom stereocenters. The lowest BCUT2D eigenvalue weighted by atomic mass is 9.89. The van der Waals surface area contributed by atoms with Gasteiger partial charge in [0.25, 0.3) is 0 Å². The van der Waals surface area contributed by atoms with Crippen molar-refractivity contribution in [1.29, 1.82) is 0 Å². The molecule has 1 aliphatic carbocycles. The first-order chi connectivity index (χ1) is 7.68. The van der Waals surface area contributed by atoms with E-state index in [0.717, 1.165) is 18.9 Å². The van der Waals surface area contributed by atoms with Crippen LogP contribution in [0.4, 0.5) is 0 Å². The molecule has 0 amide bonds. The minimum Gasteiger partial charge on any atom is -0.379 e. The minimum absolute atomic E-state index is 0.444. The van der Waals surface area contributed by atoms with Crippen molar-refractivity contribution >= 4 is 0 Å². The Morgan fingerprint density at radius 3 is 2.44 bits per heavy atom. The number of hydrogen-bond acceptors (Lipinski definition) is 4. The highest BCUT2D eigenvalue weighted by molar-refractivity contribution is 4.69. The first-order valence-electron chi connectivity index (χ1n) is 6.53.